The van der Waals surface area contributed by atoms with Gasteiger partial charge in [-0.1, -0.05) is 0 Å². The number of nitrogens with zero attached hydrogens (tertiary/aromatic N) is 1. The van der Waals surface area contributed by atoms with Gasteiger partial charge in [0.2, 0.25) is 0 Å². The van der Waals surface area contributed by atoms with Gasteiger partial charge in [-0.05, 0) is 49.6 Å². The third-order valence-electron chi connectivity index (χ3n) is 2.44. The molecule has 0 aliphatic carbocycles. The predicted molar refractivity (Wildman–Crippen MR) is 85.1 cm³/mol. The quantitative estimate of drug-likeness (QED) is 0.600. The normalized spacial score (nSPS) is 10.3. The number of hydrogen-bond acceptors (Lipinski definition) is 3. The molecule has 0 unspecified atom stereocenters. The Morgan fingerprint density at radius 3 is 2.65 bits per heavy atom. The van der Waals surface area contributed by atoms with Crippen LogP contribution in [0, 0.1) is 0 Å². The van der Waals surface area contributed by atoms with E-state index >= 15 is 0 Å². The molecule has 0 aromatic carbocycles. The summed E-state index contributed by atoms with van der Waals surface area (Å²) in [7, 11) is 0. The summed E-state index contributed by atoms with van der Waals surface area (Å²) in [5.41, 5.74) is 6.14. The van der Waals surface area contributed by atoms with E-state index in [9.17, 15) is 4.79 Å². The molecule has 0 saturated heterocycles. The van der Waals surface area contributed by atoms with Crippen LogP contribution in [-0.2, 0) is 0 Å². The molecule has 1 amide bonds. The van der Waals surface area contributed by atoms with Crippen molar-refractivity contribution in [2.75, 3.05) is 0 Å². The number of rotatable bonds is 3. The molecule has 106 valence electrons. The molecule has 0 fully saturated rings. The molecule has 0 aliphatic rings. The van der Waals surface area contributed by atoms with Crippen LogP contribution in [0.1, 0.15) is 23.5 Å². The number of aromatic nitrogens is 1. The van der Waals surface area contributed by atoms with Gasteiger partial charge in [-0.2, -0.15) is 0 Å². The Morgan fingerprint density at radius 1 is 1.30 bits per heavy atom. The van der Waals surface area contributed by atoms with Crippen molar-refractivity contribution in [3.8, 4) is 5.69 Å². The van der Waals surface area contributed by atoms with Crippen LogP contribution in [0.4, 0.5) is 0 Å². The van der Waals surface area contributed by atoms with Gasteiger partial charge >= 0.3 is 0 Å². The molecule has 2 heterocycles. The fourth-order valence-electron chi connectivity index (χ4n) is 1.64. The van der Waals surface area contributed by atoms with Gasteiger partial charge in [0.1, 0.15) is 4.88 Å². The maximum absolute atomic E-state index is 12.1. The van der Waals surface area contributed by atoms with Gasteiger partial charge in [-0.3, -0.25) is 15.6 Å². The van der Waals surface area contributed by atoms with Crippen molar-refractivity contribution in [2.45, 2.75) is 19.9 Å². The Hall–Kier alpha value is -1.86. The summed E-state index contributed by atoms with van der Waals surface area (Å²) < 4.78 is 1.90. The van der Waals surface area contributed by atoms with E-state index in [4.69, 9.17) is 12.2 Å². The van der Waals surface area contributed by atoms with E-state index in [1.165, 1.54) is 11.3 Å². The van der Waals surface area contributed by atoms with Crippen LogP contribution in [-0.4, -0.2) is 21.6 Å². The van der Waals surface area contributed by atoms with E-state index in [-0.39, 0.29) is 11.9 Å². The average Bonchev–Trinajstić information content (AvgIpc) is 3.04. The lowest BCUT2D eigenvalue weighted by molar-refractivity contribution is 0.0947. The topological polar surface area (TPSA) is 58.1 Å². The molecular formula is C13H16N4OS2. The lowest BCUT2D eigenvalue weighted by Gasteiger charge is -2.13. The van der Waals surface area contributed by atoms with E-state index in [2.05, 4.69) is 16.2 Å². The van der Waals surface area contributed by atoms with E-state index < -0.39 is 0 Å². The van der Waals surface area contributed by atoms with Crippen molar-refractivity contribution in [2.24, 2.45) is 0 Å². The molecule has 0 bridgehead atoms. The molecule has 20 heavy (non-hydrogen) atoms. The zero-order valence-corrected chi connectivity index (χ0v) is 12.8. The number of carbonyl (C=O) groups is 1. The SMILES string of the molecule is CC(C)NC(=S)NNC(=O)c1sccc1-n1cccc1. The molecule has 2 aromatic heterocycles. The third kappa shape index (κ3) is 3.58. The van der Waals surface area contributed by atoms with Crippen LogP contribution in [0.2, 0.25) is 0 Å². The molecule has 0 spiro atoms. The number of thiophene rings is 1. The Morgan fingerprint density at radius 2 is 2.00 bits per heavy atom. The van der Waals surface area contributed by atoms with Crippen LogP contribution >= 0.6 is 23.6 Å². The monoisotopic (exact) mass is 308 g/mol. The summed E-state index contributed by atoms with van der Waals surface area (Å²) in [5, 5.41) is 5.27. The van der Waals surface area contributed by atoms with E-state index in [0.29, 0.717) is 9.99 Å². The maximum Gasteiger partial charge on any atom is 0.281 e. The van der Waals surface area contributed by atoms with Gasteiger partial charge in [0, 0.05) is 18.4 Å². The molecular weight excluding hydrogens is 292 g/mol. The standard InChI is InChI=1S/C13H16N4OS2/c1-9(2)14-13(19)16-15-12(18)11-10(5-8-20-11)17-6-3-4-7-17/h3-9H,1-2H3,(H,15,18)(H2,14,16,19). The van der Waals surface area contributed by atoms with Crippen molar-refractivity contribution in [1.82, 2.24) is 20.7 Å². The molecule has 2 rings (SSSR count). The minimum absolute atomic E-state index is 0.211. The smallest absolute Gasteiger partial charge is 0.281 e. The molecule has 0 saturated carbocycles. The summed E-state index contributed by atoms with van der Waals surface area (Å²) >= 11 is 6.44. The van der Waals surface area contributed by atoms with Gasteiger partial charge < -0.3 is 9.88 Å². The van der Waals surface area contributed by atoms with Crippen LogP contribution in [0.5, 0.6) is 0 Å². The van der Waals surface area contributed by atoms with Crippen LogP contribution in [0.25, 0.3) is 5.69 Å². The Kier molecular flexibility index (Phi) is 4.75. The van der Waals surface area contributed by atoms with Crippen LogP contribution in [0.15, 0.2) is 36.0 Å². The highest BCUT2D eigenvalue weighted by Gasteiger charge is 2.14. The predicted octanol–water partition coefficient (Wildman–Crippen LogP) is 2.06. The van der Waals surface area contributed by atoms with Crippen molar-refractivity contribution < 1.29 is 4.79 Å². The first-order chi connectivity index (χ1) is 9.58. The summed E-state index contributed by atoms with van der Waals surface area (Å²) in [5.74, 6) is -0.211. The maximum atomic E-state index is 12.1. The van der Waals surface area contributed by atoms with Crippen molar-refractivity contribution >= 4 is 34.6 Å². The molecule has 0 aliphatic heterocycles. The molecule has 7 heteroatoms. The third-order valence-corrected chi connectivity index (χ3v) is 3.56. The zero-order chi connectivity index (χ0) is 14.5. The molecule has 5 nitrogen and oxygen atoms in total. The van der Waals surface area contributed by atoms with Gasteiger partial charge in [-0.15, -0.1) is 11.3 Å². The summed E-state index contributed by atoms with van der Waals surface area (Å²) in [6.07, 6.45) is 3.80. The Labute approximate surface area is 127 Å². The fourth-order valence-corrected chi connectivity index (χ4v) is 2.71. The highest BCUT2D eigenvalue weighted by molar-refractivity contribution is 7.80. The first kappa shape index (κ1) is 14.5. The summed E-state index contributed by atoms with van der Waals surface area (Å²) in [4.78, 5) is 12.8. The molecule has 3 N–H and O–H groups in total. The highest BCUT2D eigenvalue weighted by Crippen LogP contribution is 2.20. The number of hydrogen-bond donors (Lipinski definition) is 3. The van der Waals surface area contributed by atoms with Gasteiger partial charge in [0.15, 0.2) is 5.11 Å². The second kappa shape index (κ2) is 6.53. The summed E-state index contributed by atoms with van der Waals surface area (Å²) in [6, 6.07) is 5.95. The number of carbonyl (C=O) groups excluding carboxylic acids is 1. The minimum atomic E-state index is -0.211. The van der Waals surface area contributed by atoms with Crippen LogP contribution in [0.3, 0.4) is 0 Å². The lowest BCUT2D eigenvalue weighted by Crippen LogP contribution is -2.48. The lowest BCUT2D eigenvalue weighted by atomic mass is 10.3. The van der Waals surface area contributed by atoms with E-state index in [0.717, 1.165) is 5.69 Å². The minimum Gasteiger partial charge on any atom is -0.359 e. The Bertz CT molecular complexity index is 589. The van der Waals surface area contributed by atoms with E-state index in [1.54, 1.807) is 0 Å². The number of amides is 1. The Balaban J connectivity index is 2.00. The number of thiocarbonyl (C=S) groups is 1. The second-order valence-electron chi connectivity index (χ2n) is 4.43. The van der Waals surface area contributed by atoms with Crippen molar-refractivity contribution in [1.29, 1.82) is 0 Å². The molecule has 0 radical (unpaired) electrons. The highest BCUT2D eigenvalue weighted by atomic mass is 32.1. The van der Waals surface area contributed by atoms with Gasteiger partial charge in [0.05, 0.1) is 5.69 Å². The second-order valence-corrected chi connectivity index (χ2v) is 5.76. The first-order valence-electron chi connectivity index (χ1n) is 6.15. The van der Waals surface area contributed by atoms with Crippen molar-refractivity contribution in [3.05, 3.63) is 40.8 Å². The van der Waals surface area contributed by atoms with Crippen molar-refractivity contribution in [3.63, 3.8) is 0 Å². The number of hydrazine groups is 1. The average molecular weight is 308 g/mol. The molecule has 0 atom stereocenters. The van der Waals surface area contributed by atoms with Gasteiger partial charge in [0.25, 0.3) is 5.91 Å². The number of nitrogens with one attached hydrogen (secondary N) is 3. The largest absolute Gasteiger partial charge is 0.359 e. The van der Waals surface area contributed by atoms with Crippen LogP contribution < -0.4 is 16.2 Å². The van der Waals surface area contributed by atoms with E-state index in [1.807, 2.05) is 54.4 Å². The summed E-state index contributed by atoms with van der Waals surface area (Å²) in [6.45, 7) is 3.94. The fraction of sp³-hybridized carbons (Fsp3) is 0.231. The first-order valence-corrected chi connectivity index (χ1v) is 7.44. The van der Waals surface area contributed by atoms with Gasteiger partial charge in [-0.25, -0.2) is 0 Å². The zero-order valence-electron chi connectivity index (χ0n) is 11.2. The molecule has 2 aromatic rings.